The predicted molar refractivity (Wildman–Crippen MR) is 122 cm³/mol. The Morgan fingerprint density at radius 1 is 1.03 bits per heavy atom. The van der Waals surface area contributed by atoms with Crippen molar-refractivity contribution in [2.24, 2.45) is 11.3 Å². The van der Waals surface area contributed by atoms with Gasteiger partial charge < -0.3 is 9.64 Å². The van der Waals surface area contributed by atoms with Crippen LogP contribution in [0.4, 0.5) is 4.79 Å². The lowest BCUT2D eigenvalue weighted by atomic mass is 9.57. The summed E-state index contributed by atoms with van der Waals surface area (Å²) in [5.74, 6) is 0.486. The van der Waals surface area contributed by atoms with Gasteiger partial charge in [0, 0.05) is 13.1 Å². The monoisotopic (exact) mass is 457 g/mol. The Balaban J connectivity index is 1.15. The molecule has 6 nitrogen and oxygen atoms in total. The van der Waals surface area contributed by atoms with E-state index >= 15 is 0 Å². The summed E-state index contributed by atoms with van der Waals surface area (Å²) in [4.78, 5) is 14.4. The molecule has 32 heavy (non-hydrogen) atoms. The molecule has 0 bridgehead atoms. The molecule has 2 aromatic carbocycles. The molecule has 0 unspecified atom stereocenters. The van der Waals surface area contributed by atoms with Gasteiger partial charge in [-0.2, -0.15) is 8.42 Å². The molecule has 2 fully saturated rings. The lowest BCUT2D eigenvalue weighted by Crippen LogP contribution is -2.49. The summed E-state index contributed by atoms with van der Waals surface area (Å²) >= 11 is 0. The van der Waals surface area contributed by atoms with E-state index < -0.39 is 10.1 Å². The van der Waals surface area contributed by atoms with Crippen LogP contribution in [0.25, 0.3) is 0 Å². The molecule has 4 rings (SSSR count). The molecule has 0 radical (unpaired) electrons. The first-order valence-electron chi connectivity index (χ1n) is 11.3. The first kappa shape index (κ1) is 22.8. The summed E-state index contributed by atoms with van der Waals surface area (Å²) in [5.41, 5.74) is 2.29. The largest absolute Gasteiger partial charge is 0.445 e. The molecule has 1 heterocycles. The summed E-state index contributed by atoms with van der Waals surface area (Å²) < 4.78 is 35.3. The smallest absolute Gasteiger partial charge is 0.410 e. The number of carbonyl (C=O) groups excluding carboxylic acids is 1. The fraction of sp³-hybridized carbons (Fsp3) is 0.480. The van der Waals surface area contributed by atoms with Crippen LogP contribution < -0.4 is 0 Å². The van der Waals surface area contributed by atoms with Crippen LogP contribution >= 0.6 is 0 Å². The number of hydrogen-bond acceptors (Lipinski definition) is 5. The predicted octanol–water partition coefficient (Wildman–Crippen LogP) is 4.92. The quantitative estimate of drug-likeness (QED) is 0.552. The fourth-order valence-corrected chi connectivity index (χ4v) is 5.77. The van der Waals surface area contributed by atoms with Crippen molar-refractivity contribution in [1.82, 2.24) is 4.90 Å². The van der Waals surface area contributed by atoms with E-state index in [0.717, 1.165) is 56.3 Å². The normalized spacial score (nSPS) is 18.3. The second-order valence-corrected chi connectivity index (χ2v) is 10.8. The third-order valence-electron chi connectivity index (χ3n) is 6.81. The molecular weight excluding hydrogens is 426 g/mol. The highest BCUT2D eigenvalue weighted by Gasteiger charge is 2.46. The van der Waals surface area contributed by atoms with Gasteiger partial charge in [-0.25, -0.2) is 4.79 Å². The van der Waals surface area contributed by atoms with Crippen molar-refractivity contribution < 1.29 is 22.1 Å². The Morgan fingerprint density at radius 2 is 1.69 bits per heavy atom. The molecule has 1 amide bonds. The molecule has 0 atom stereocenters. The van der Waals surface area contributed by atoms with Crippen LogP contribution in [0, 0.1) is 18.3 Å². The standard InChI is InChI=1S/C25H31NO5S/c1-20-7-9-23(10-8-20)32(28,29)31-16-11-22-17-25(18-22)12-14-26(15-13-25)24(27)30-19-21-5-3-2-4-6-21/h2-10,22H,11-19H2,1H3. The minimum absolute atomic E-state index is 0.208. The minimum atomic E-state index is -3.69. The van der Waals surface area contributed by atoms with Gasteiger partial charge in [0.1, 0.15) is 6.61 Å². The van der Waals surface area contributed by atoms with Crippen molar-refractivity contribution in [2.45, 2.75) is 50.5 Å². The van der Waals surface area contributed by atoms with Crippen LogP contribution in [0.1, 0.15) is 43.2 Å². The van der Waals surface area contributed by atoms with Crippen LogP contribution in [0.3, 0.4) is 0 Å². The summed E-state index contributed by atoms with van der Waals surface area (Å²) in [5, 5.41) is 0. The SMILES string of the molecule is Cc1ccc(S(=O)(=O)OCCC2CC3(CCN(C(=O)OCc4ccccc4)CC3)C2)cc1. The highest BCUT2D eigenvalue weighted by molar-refractivity contribution is 7.86. The second-order valence-electron chi connectivity index (χ2n) is 9.18. The number of likely N-dealkylation sites (tertiary alicyclic amines) is 1. The zero-order chi connectivity index (χ0) is 22.6. The Morgan fingerprint density at radius 3 is 2.34 bits per heavy atom. The van der Waals surface area contributed by atoms with E-state index in [9.17, 15) is 13.2 Å². The number of hydrogen-bond donors (Lipinski definition) is 0. The van der Waals surface area contributed by atoms with E-state index in [2.05, 4.69) is 0 Å². The van der Waals surface area contributed by atoms with Gasteiger partial charge in [-0.1, -0.05) is 48.0 Å². The molecule has 1 saturated carbocycles. The van der Waals surface area contributed by atoms with Crippen molar-refractivity contribution in [3.05, 3.63) is 65.7 Å². The molecule has 2 aromatic rings. The van der Waals surface area contributed by atoms with Gasteiger partial charge in [0.25, 0.3) is 10.1 Å². The maximum atomic E-state index is 12.4. The number of piperidine rings is 1. The summed E-state index contributed by atoms with van der Waals surface area (Å²) in [6.07, 6.45) is 4.62. The molecule has 0 aromatic heterocycles. The summed E-state index contributed by atoms with van der Waals surface area (Å²) in [6, 6.07) is 16.4. The fourth-order valence-electron chi connectivity index (χ4n) is 4.85. The molecule has 172 valence electrons. The van der Waals surface area contributed by atoms with E-state index in [1.165, 1.54) is 0 Å². The Bertz CT molecular complexity index is 1000. The van der Waals surface area contributed by atoms with Crippen LogP contribution in [0.15, 0.2) is 59.5 Å². The highest BCUT2D eigenvalue weighted by atomic mass is 32.2. The van der Waals surface area contributed by atoms with Gasteiger partial charge >= 0.3 is 6.09 Å². The van der Waals surface area contributed by atoms with Gasteiger partial charge in [-0.3, -0.25) is 4.18 Å². The molecule has 1 saturated heterocycles. The molecule has 0 N–H and O–H groups in total. The Labute approximate surface area is 190 Å². The first-order chi connectivity index (χ1) is 15.4. The van der Waals surface area contributed by atoms with Gasteiger partial charge in [0.2, 0.25) is 0 Å². The minimum Gasteiger partial charge on any atom is -0.445 e. The number of aryl methyl sites for hydroxylation is 1. The number of nitrogens with zero attached hydrogens (tertiary/aromatic N) is 1. The van der Waals surface area contributed by atoms with E-state index in [1.807, 2.05) is 37.3 Å². The number of benzene rings is 2. The topological polar surface area (TPSA) is 72.9 Å². The second kappa shape index (κ2) is 9.63. The Hall–Kier alpha value is -2.38. The van der Waals surface area contributed by atoms with Crippen molar-refractivity contribution in [2.75, 3.05) is 19.7 Å². The van der Waals surface area contributed by atoms with Gasteiger partial charge in [0.05, 0.1) is 11.5 Å². The van der Waals surface area contributed by atoms with Gasteiger partial charge in [0.15, 0.2) is 0 Å². The number of amides is 1. The maximum absolute atomic E-state index is 12.4. The lowest BCUT2D eigenvalue weighted by molar-refractivity contribution is -0.0200. The Kier molecular flexibility index (Phi) is 6.86. The summed E-state index contributed by atoms with van der Waals surface area (Å²) in [7, 11) is -3.69. The average molecular weight is 458 g/mol. The third kappa shape index (κ3) is 5.51. The summed E-state index contributed by atoms with van der Waals surface area (Å²) in [6.45, 7) is 3.88. The number of ether oxygens (including phenoxy) is 1. The maximum Gasteiger partial charge on any atom is 0.410 e. The van der Waals surface area contributed by atoms with Crippen LogP contribution in [-0.2, 0) is 25.6 Å². The third-order valence-corrected chi connectivity index (χ3v) is 8.13. The number of rotatable bonds is 7. The van der Waals surface area contributed by atoms with Crippen molar-refractivity contribution >= 4 is 16.2 Å². The van der Waals surface area contributed by atoms with E-state index in [4.69, 9.17) is 8.92 Å². The van der Waals surface area contributed by atoms with E-state index in [0.29, 0.717) is 12.5 Å². The molecule has 1 spiro atoms. The van der Waals surface area contributed by atoms with Crippen molar-refractivity contribution in [3.8, 4) is 0 Å². The van der Waals surface area contributed by atoms with Crippen LogP contribution in [0.2, 0.25) is 0 Å². The zero-order valence-electron chi connectivity index (χ0n) is 18.5. The molecule has 2 aliphatic rings. The van der Waals surface area contributed by atoms with Gasteiger partial charge in [-0.05, 0) is 68.1 Å². The average Bonchev–Trinajstić information content (AvgIpc) is 2.77. The first-order valence-corrected chi connectivity index (χ1v) is 12.7. The van der Waals surface area contributed by atoms with Crippen molar-refractivity contribution in [1.29, 1.82) is 0 Å². The van der Waals surface area contributed by atoms with E-state index in [1.54, 1.807) is 29.2 Å². The lowest BCUT2D eigenvalue weighted by Gasteiger charge is -2.52. The molecular formula is C25H31NO5S. The van der Waals surface area contributed by atoms with Gasteiger partial charge in [-0.15, -0.1) is 0 Å². The molecule has 1 aliphatic carbocycles. The number of carbonyl (C=O) groups is 1. The van der Waals surface area contributed by atoms with Crippen LogP contribution in [-0.4, -0.2) is 39.1 Å². The molecule has 7 heteroatoms. The van der Waals surface area contributed by atoms with Crippen molar-refractivity contribution in [3.63, 3.8) is 0 Å². The van der Waals surface area contributed by atoms with Crippen LogP contribution in [0.5, 0.6) is 0 Å². The zero-order valence-corrected chi connectivity index (χ0v) is 19.4. The molecule has 1 aliphatic heterocycles. The highest BCUT2D eigenvalue weighted by Crippen LogP contribution is 2.53. The van der Waals surface area contributed by atoms with E-state index in [-0.39, 0.29) is 23.0 Å².